The first kappa shape index (κ1) is 19.9. The van der Waals surface area contributed by atoms with Gasteiger partial charge in [0, 0.05) is 24.2 Å². The number of nitrogens with one attached hydrogen (secondary N) is 1. The van der Waals surface area contributed by atoms with Crippen LogP contribution >= 0.6 is 0 Å². The van der Waals surface area contributed by atoms with Crippen LogP contribution in [0.4, 0.5) is 0 Å². The Balaban J connectivity index is 1.42. The Morgan fingerprint density at radius 3 is 2.37 bits per heavy atom. The highest BCUT2D eigenvalue weighted by molar-refractivity contribution is 5.99. The lowest BCUT2D eigenvalue weighted by Crippen LogP contribution is -2.42. The summed E-state index contributed by atoms with van der Waals surface area (Å²) in [5.41, 5.74) is 3.07. The Morgan fingerprint density at radius 1 is 0.900 bits per heavy atom. The molecule has 1 fully saturated rings. The second-order valence-corrected chi connectivity index (χ2v) is 7.27. The van der Waals surface area contributed by atoms with Gasteiger partial charge in [0.2, 0.25) is 0 Å². The second kappa shape index (κ2) is 9.37. The summed E-state index contributed by atoms with van der Waals surface area (Å²) in [7, 11) is 0. The molecule has 5 heteroatoms. The lowest BCUT2D eigenvalue weighted by molar-refractivity contribution is -0.0228. The number of carbonyl (C=O) groups is 2. The van der Waals surface area contributed by atoms with Gasteiger partial charge in [-0.15, -0.1) is 0 Å². The SMILES string of the molecule is O=C(NCc1ccccc1)c1cccc(C(=O)N2CCOC(c3ccccc3)C2)c1. The Hall–Kier alpha value is -3.44. The summed E-state index contributed by atoms with van der Waals surface area (Å²) >= 11 is 0. The zero-order chi connectivity index (χ0) is 20.8. The van der Waals surface area contributed by atoms with Crippen LogP contribution in [-0.2, 0) is 11.3 Å². The van der Waals surface area contributed by atoms with Crippen molar-refractivity contribution in [1.82, 2.24) is 10.2 Å². The van der Waals surface area contributed by atoms with Crippen molar-refractivity contribution >= 4 is 11.8 Å². The molecule has 152 valence electrons. The van der Waals surface area contributed by atoms with Gasteiger partial charge in [-0.3, -0.25) is 9.59 Å². The molecule has 0 aromatic heterocycles. The maximum Gasteiger partial charge on any atom is 0.254 e. The maximum absolute atomic E-state index is 13.1. The van der Waals surface area contributed by atoms with Crippen molar-refractivity contribution in [2.75, 3.05) is 19.7 Å². The normalized spacial score (nSPS) is 16.1. The van der Waals surface area contributed by atoms with Crippen LogP contribution in [0.5, 0.6) is 0 Å². The fraction of sp³-hybridized carbons (Fsp3) is 0.200. The fourth-order valence-electron chi connectivity index (χ4n) is 3.56. The molecule has 1 N–H and O–H groups in total. The smallest absolute Gasteiger partial charge is 0.254 e. The van der Waals surface area contributed by atoms with Crippen molar-refractivity contribution in [2.45, 2.75) is 12.6 Å². The van der Waals surface area contributed by atoms with E-state index in [4.69, 9.17) is 4.74 Å². The lowest BCUT2D eigenvalue weighted by atomic mass is 10.1. The van der Waals surface area contributed by atoms with Gasteiger partial charge in [0.25, 0.3) is 11.8 Å². The number of ether oxygens (including phenoxy) is 1. The lowest BCUT2D eigenvalue weighted by Gasteiger charge is -2.33. The van der Waals surface area contributed by atoms with Crippen LogP contribution in [0, 0.1) is 0 Å². The van der Waals surface area contributed by atoms with Gasteiger partial charge in [-0.2, -0.15) is 0 Å². The van der Waals surface area contributed by atoms with E-state index in [0.29, 0.717) is 37.4 Å². The Kier molecular flexibility index (Phi) is 6.20. The monoisotopic (exact) mass is 400 g/mol. The Labute approximate surface area is 176 Å². The molecule has 1 saturated heterocycles. The van der Waals surface area contributed by atoms with Gasteiger partial charge >= 0.3 is 0 Å². The molecule has 1 aliphatic heterocycles. The predicted molar refractivity (Wildman–Crippen MR) is 115 cm³/mol. The highest BCUT2D eigenvalue weighted by Crippen LogP contribution is 2.23. The molecule has 1 atom stereocenters. The summed E-state index contributed by atoms with van der Waals surface area (Å²) in [5.74, 6) is -0.283. The topological polar surface area (TPSA) is 58.6 Å². The molecule has 1 heterocycles. The minimum atomic E-state index is -0.197. The molecule has 4 rings (SSSR count). The zero-order valence-corrected chi connectivity index (χ0v) is 16.7. The van der Waals surface area contributed by atoms with E-state index < -0.39 is 0 Å². The molecular weight excluding hydrogens is 376 g/mol. The molecular formula is C25H24N2O3. The molecule has 0 radical (unpaired) electrons. The number of rotatable bonds is 5. The zero-order valence-electron chi connectivity index (χ0n) is 16.7. The van der Waals surface area contributed by atoms with Crippen molar-refractivity contribution < 1.29 is 14.3 Å². The summed E-state index contributed by atoms with van der Waals surface area (Å²) in [6.07, 6.45) is -0.138. The third-order valence-electron chi connectivity index (χ3n) is 5.19. The molecule has 3 aromatic carbocycles. The molecule has 3 aromatic rings. The van der Waals surface area contributed by atoms with Gasteiger partial charge in [-0.05, 0) is 29.3 Å². The van der Waals surface area contributed by atoms with Crippen LogP contribution < -0.4 is 5.32 Å². The molecule has 2 amide bonds. The van der Waals surface area contributed by atoms with Crippen LogP contribution in [0.25, 0.3) is 0 Å². The van der Waals surface area contributed by atoms with Crippen molar-refractivity contribution in [3.8, 4) is 0 Å². The number of hydrogen-bond acceptors (Lipinski definition) is 3. The number of hydrogen-bond donors (Lipinski definition) is 1. The minimum Gasteiger partial charge on any atom is -0.370 e. The predicted octanol–water partition coefficient (Wildman–Crippen LogP) is 3.83. The summed E-state index contributed by atoms with van der Waals surface area (Å²) in [4.78, 5) is 27.4. The highest BCUT2D eigenvalue weighted by atomic mass is 16.5. The van der Waals surface area contributed by atoms with Crippen LogP contribution in [0.3, 0.4) is 0 Å². The van der Waals surface area contributed by atoms with Crippen molar-refractivity contribution in [1.29, 1.82) is 0 Å². The van der Waals surface area contributed by atoms with E-state index in [0.717, 1.165) is 11.1 Å². The second-order valence-electron chi connectivity index (χ2n) is 7.27. The van der Waals surface area contributed by atoms with Crippen LogP contribution in [-0.4, -0.2) is 36.4 Å². The molecule has 0 bridgehead atoms. The van der Waals surface area contributed by atoms with E-state index in [1.54, 1.807) is 29.2 Å². The van der Waals surface area contributed by atoms with E-state index in [1.165, 1.54) is 0 Å². The van der Waals surface area contributed by atoms with Gasteiger partial charge in [0.15, 0.2) is 0 Å². The number of carbonyl (C=O) groups excluding carboxylic acids is 2. The summed E-state index contributed by atoms with van der Waals surface area (Å²) in [5, 5.41) is 2.91. The largest absolute Gasteiger partial charge is 0.370 e. The molecule has 5 nitrogen and oxygen atoms in total. The van der Waals surface area contributed by atoms with Crippen LogP contribution in [0.2, 0.25) is 0 Å². The summed E-state index contributed by atoms with van der Waals surface area (Å²) in [6.45, 7) is 1.96. The number of benzene rings is 3. The number of amides is 2. The van der Waals surface area contributed by atoms with E-state index >= 15 is 0 Å². The first-order valence-corrected chi connectivity index (χ1v) is 10.1. The van der Waals surface area contributed by atoms with E-state index in [1.807, 2.05) is 60.7 Å². The van der Waals surface area contributed by atoms with Crippen molar-refractivity contribution in [2.24, 2.45) is 0 Å². The first-order valence-electron chi connectivity index (χ1n) is 10.1. The molecule has 1 aliphatic rings. The van der Waals surface area contributed by atoms with Crippen LogP contribution in [0.1, 0.15) is 37.9 Å². The molecule has 0 saturated carbocycles. The third kappa shape index (κ3) is 4.75. The molecule has 30 heavy (non-hydrogen) atoms. The number of morpholine rings is 1. The fourth-order valence-corrected chi connectivity index (χ4v) is 3.56. The van der Waals surface area contributed by atoms with Gasteiger partial charge in [0.05, 0.1) is 13.2 Å². The minimum absolute atomic E-state index is 0.0862. The van der Waals surface area contributed by atoms with Gasteiger partial charge < -0.3 is 15.0 Å². The van der Waals surface area contributed by atoms with Gasteiger partial charge in [-0.1, -0.05) is 66.7 Å². The average Bonchev–Trinajstić information content (AvgIpc) is 2.83. The highest BCUT2D eigenvalue weighted by Gasteiger charge is 2.26. The van der Waals surface area contributed by atoms with Crippen LogP contribution in [0.15, 0.2) is 84.9 Å². The molecule has 1 unspecified atom stereocenters. The quantitative estimate of drug-likeness (QED) is 0.708. The molecule has 0 spiro atoms. The van der Waals surface area contributed by atoms with E-state index in [-0.39, 0.29) is 17.9 Å². The van der Waals surface area contributed by atoms with Crippen molar-refractivity contribution in [3.63, 3.8) is 0 Å². The molecule has 0 aliphatic carbocycles. The maximum atomic E-state index is 13.1. The summed E-state index contributed by atoms with van der Waals surface area (Å²) in [6, 6.07) is 26.5. The standard InChI is InChI=1S/C25H24N2O3/c28-24(26-17-19-8-3-1-4-9-19)21-12-7-13-22(16-21)25(29)27-14-15-30-23(18-27)20-10-5-2-6-11-20/h1-13,16,23H,14-15,17-18H2,(H,26,28). The van der Waals surface area contributed by atoms with Gasteiger partial charge in [0.1, 0.15) is 6.10 Å². The first-order chi connectivity index (χ1) is 14.7. The Bertz CT molecular complexity index is 1010. The summed E-state index contributed by atoms with van der Waals surface area (Å²) < 4.78 is 5.86. The average molecular weight is 400 g/mol. The third-order valence-corrected chi connectivity index (χ3v) is 5.19. The number of nitrogens with zero attached hydrogens (tertiary/aromatic N) is 1. The van der Waals surface area contributed by atoms with E-state index in [9.17, 15) is 9.59 Å². The van der Waals surface area contributed by atoms with Gasteiger partial charge in [-0.25, -0.2) is 0 Å². The Morgan fingerprint density at radius 2 is 1.60 bits per heavy atom. The van der Waals surface area contributed by atoms with Crippen molar-refractivity contribution in [3.05, 3.63) is 107 Å². The van der Waals surface area contributed by atoms with E-state index in [2.05, 4.69) is 5.32 Å².